The van der Waals surface area contributed by atoms with E-state index in [1.165, 1.54) is 26.6 Å². The summed E-state index contributed by atoms with van der Waals surface area (Å²) >= 11 is 0. The molecule has 0 fully saturated rings. The predicted molar refractivity (Wildman–Crippen MR) is 76.8 cm³/mol. The zero-order valence-electron chi connectivity index (χ0n) is 12.9. The number of aryl methyl sites for hydroxylation is 1. The summed E-state index contributed by atoms with van der Waals surface area (Å²) in [5.41, 5.74) is -0.496. The van der Waals surface area contributed by atoms with E-state index >= 15 is 0 Å². The number of amides is 2. The quantitative estimate of drug-likeness (QED) is 0.861. The van der Waals surface area contributed by atoms with Crippen LogP contribution >= 0.6 is 0 Å². The van der Waals surface area contributed by atoms with E-state index in [1.54, 1.807) is 0 Å². The molecule has 0 radical (unpaired) electrons. The highest BCUT2D eigenvalue weighted by Crippen LogP contribution is 2.31. The maximum Gasteiger partial charge on any atom is 0.419 e. The van der Waals surface area contributed by atoms with Crippen molar-refractivity contribution in [1.29, 1.82) is 0 Å². The highest BCUT2D eigenvalue weighted by molar-refractivity contribution is 5.88. The number of hydrogen-bond donors (Lipinski definition) is 2. The minimum absolute atomic E-state index is 0.152. The molecular weight excluding hydrogens is 329 g/mol. The van der Waals surface area contributed by atoms with Crippen molar-refractivity contribution in [2.75, 3.05) is 12.4 Å². The monoisotopic (exact) mass is 344 g/mol. The number of carbonyl (C=O) groups is 1. The first-order valence-corrected chi connectivity index (χ1v) is 6.74. The Morgan fingerprint density at radius 2 is 2.12 bits per heavy atom. The van der Waals surface area contributed by atoms with E-state index in [2.05, 4.69) is 25.7 Å². The van der Waals surface area contributed by atoms with Crippen molar-refractivity contribution >= 4 is 11.8 Å². The molecule has 0 aliphatic heterocycles. The van der Waals surface area contributed by atoms with Gasteiger partial charge in [-0.1, -0.05) is 0 Å². The highest BCUT2D eigenvalue weighted by atomic mass is 19.4. The number of alkyl halides is 3. The topological polar surface area (TPSA) is 94.0 Å². The number of nitrogens with zero attached hydrogens (tertiary/aromatic N) is 4. The standard InChI is InChI=1S/C13H15F3N6O2/c1-22-10(9(4-20-22)13(14,15)16)5-17-12(23)21-11-3-8(6-24-2)18-7-19-11/h3-4,7H,5-6H2,1-2H3,(H2,17,18,19,21,23). The molecule has 2 N–H and O–H groups in total. The molecule has 0 spiro atoms. The van der Waals surface area contributed by atoms with Crippen LogP contribution in [-0.4, -0.2) is 32.9 Å². The number of ether oxygens (including phenoxy) is 1. The zero-order valence-corrected chi connectivity index (χ0v) is 12.9. The molecule has 0 aliphatic carbocycles. The Hall–Kier alpha value is -2.69. The maximum atomic E-state index is 12.8. The van der Waals surface area contributed by atoms with Crippen LogP contribution < -0.4 is 10.6 Å². The molecule has 0 saturated heterocycles. The molecule has 2 aromatic rings. The van der Waals surface area contributed by atoms with E-state index in [0.717, 1.165) is 10.9 Å². The number of rotatable bonds is 5. The van der Waals surface area contributed by atoms with E-state index in [1.807, 2.05) is 0 Å². The van der Waals surface area contributed by atoms with E-state index in [4.69, 9.17) is 4.74 Å². The third-order valence-electron chi connectivity index (χ3n) is 3.04. The van der Waals surface area contributed by atoms with Gasteiger partial charge in [0, 0.05) is 20.2 Å². The van der Waals surface area contributed by atoms with E-state index in [0.29, 0.717) is 5.69 Å². The fourth-order valence-corrected chi connectivity index (χ4v) is 1.93. The van der Waals surface area contributed by atoms with Crippen LogP contribution in [0.25, 0.3) is 0 Å². The molecule has 2 heterocycles. The van der Waals surface area contributed by atoms with Gasteiger partial charge in [-0.15, -0.1) is 0 Å². The summed E-state index contributed by atoms with van der Waals surface area (Å²) < 4.78 is 44.5. The Labute approximate surface area is 135 Å². The molecule has 0 atom stereocenters. The first-order valence-electron chi connectivity index (χ1n) is 6.74. The van der Waals surface area contributed by atoms with Crippen LogP contribution in [0, 0.1) is 0 Å². The Balaban J connectivity index is 1.99. The van der Waals surface area contributed by atoms with Crippen molar-refractivity contribution in [2.24, 2.45) is 7.05 Å². The normalized spacial score (nSPS) is 11.4. The van der Waals surface area contributed by atoms with Crippen molar-refractivity contribution < 1.29 is 22.7 Å². The van der Waals surface area contributed by atoms with E-state index in [9.17, 15) is 18.0 Å². The number of halogens is 3. The number of nitrogens with one attached hydrogen (secondary N) is 2. The molecule has 0 bridgehead atoms. The molecule has 0 aromatic carbocycles. The average molecular weight is 344 g/mol. The molecule has 0 unspecified atom stereocenters. The second-order valence-corrected chi connectivity index (χ2v) is 4.76. The first kappa shape index (κ1) is 17.7. The van der Waals surface area contributed by atoms with Gasteiger partial charge in [0.15, 0.2) is 0 Å². The molecule has 2 amide bonds. The Bertz CT molecular complexity index is 716. The summed E-state index contributed by atoms with van der Waals surface area (Å²) in [4.78, 5) is 19.6. The highest BCUT2D eigenvalue weighted by Gasteiger charge is 2.35. The van der Waals surface area contributed by atoms with Crippen molar-refractivity contribution in [3.8, 4) is 0 Å². The van der Waals surface area contributed by atoms with Gasteiger partial charge in [-0.05, 0) is 0 Å². The lowest BCUT2D eigenvalue weighted by Gasteiger charge is -2.11. The number of hydrogen-bond acceptors (Lipinski definition) is 5. The lowest BCUT2D eigenvalue weighted by Crippen LogP contribution is -2.30. The molecule has 2 rings (SSSR count). The molecule has 130 valence electrons. The molecule has 0 aliphatic rings. The van der Waals surface area contributed by atoms with Gasteiger partial charge in [0.2, 0.25) is 0 Å². The molecule has 8 nitrogen and oxygen atoms in total. The summed E-state index contributed by atoms with van der Waals surface area (Å²) in [6, 6.07) is 0.792. The van der Waals surface area contributed by atoms with Gasteiger partial charge in [0.05, 0.1) is 36.3 Å². The third kappa shape index (κ3) is 4.41. The number of urea groups is 1. The van der Waals surface area contributed by atoms with E-state index in [-0.39, 0.29) is 24.7 Å². The van der Waals surface area contributed by atoms with Gasteiger partial charge in [-0.2, -0.15) is 18.3 Å². The number of anilines is 1. The van der Waals surface area contributed by atoms with Crippen LogP contribution in [0.3, 0.4) is 0 Å². The molecule has 2 aromatic heterocycles. The zero-order chi connectivity index (χ0) is 17.7. The lowest BCUT2D eigenvalue weighted by molar-refractivity contribution is -0.138. The molecule has 24 heavy (non-hydrogen) atoms. The summed E-state index contributed by atoms with van der Waals surface area (Å²) in [6.45, 7) is -0.101. The molecule has 11 heteroatoms. The van der Waals surface area contributed by atoms with Gasteiger partial charge in [-0.3, -0.25) is 10.00 Å². The average Bonchev–Trinajstić information content (AvgIpc) is 2.87. The largest absolute Gasteiger partial charge is 0.419 e. The van der Waals surface area contributed by atoms with Crippen molar-refractivity contribution in [1.82, 2.24) is 25.1 Å². The summed E-state index contributed by atoms with van der Waals surface area (Å²) in [5, 5.41) is 8.32. The maximum absolute atomic E-state index is 12.8. The van der Waals surface area contributed by atoms with Crippen LogP contribution in [0.4, 0.5) is 23.8 Å². The van der Waals surface area contributed by atoms with Crippen molar-refractivity contribution in [2.45, 2.75) is 19.3 Å². The minimum atomic E-state index is -4.54. The van der Waals surface area contributed by atoms with Gasteiger partial charge in [0.1, 0.15) is 12.1 Å². The van der Waals surface area contributed by atoms with Crippen LogP contribution in [0.15, 0.2) is 18.6 Å². The fourth-order valence-electron chi connectivity index (χ4n) is 1.93. The van der Waals surface area contributed by atoms with Gasteiger partial charge in [-0.25, -0.2) is 14.8 Å². The van der Waals surface area contributed by atoms with Crippen LogP contribution in [0.5, 0.6) is 0 Å². The number of methoxy groups -OCH3 is 1. The second kappa shape index (κ2) is 7.25. The fraction of sp³-hybridized carbons (Fsp3) is 0.385. The van der Waals surface area contributed by atoms with E-state index < -0.39 is 17.8 Å². The summed E-state index contributed by atoms with van der Waals surface area (Å²) in [6.07, 6.45) is -2.58. The molecule has 0 saturated carbocycles. The van der Waals surface area contributed by atoms with Gasteiger partial charge >= 0.3 is 12.2 Å². The smallest absolute Gasteiger partial charge is 0.378 e. The van der Waals surface area contributed by atoms with Crippen molar-refractivity contribution in [3.63, 3.8) is 0 Å². The Morgan fingerprint density at radius 3 is 2.79 bits per heavy atom. The lowest BCUT2D eigenvalue weighted by atomic mass is 10.2. The Kier molecular flexibility index (Phi) is 5.34. The van der Waals surface area contributed by atoms with Crippen LogP contribution in [-0.2, 0) is 31.1 Å². The van der Waals surface area contributed by atoms with Crippen molar-refractivity contribution in [3.05, 3.63) is 35.5 Å². The number of carbonyl (C=O) groups excluding carboxylic acids is 1. The Morgan fingerprint density at radius 1 is 1.38 bits per heavy atom. The SMILES string of the molecule is COCc1cc(NC(=O)NCc2c(C(F)(F)F)cnn2C)ncn1. The number of aromatic nitrogens is 4. The molecular formula is C13H15F3N6O2. The first-order chi connectivity index (χ1) is 11.3. The second-order valence-electron chi connectivity index (χ2n) is 4.76. The summed E-state index contributed by atoms with van der Waals surface area (Å²) in [7, 11) is 2.86. The van der Waals surface area contributed by atoms with Crippen LogP contribution in [0.1, 0.15) is 17.0 Å². The van der Waals surface area contributed by atoms with Crippen LogP contribution in [0.2, 0.25) is 0 Å². The minimum Gasteiger partial charge on any atom is -0.378 e. The van der Waals surface area contributed by atoms with Gasteiger partial charge < -0.3 is 10.1 Å². The summed E-state index contributed by atoms with van der Waals surface area (Å²) in [5.74, 6) is 0.204. The predicted octanol–water partition coefficient (Wildman–Crippen LogP) is 1.70. The van der Waals surface area contributed by atoms with Gasteiger partial charge in [0.25, 0.3) is 0 Å². The third-order valence-corrected chi connectivity index (χ3v) is 3.04.